The summed E-state index contributed by atoms with van der Waals surface area (Å²) in [6.45, 7) is 8.57. The number of hydrogen-bond donors (Lipinski definition) is 0. The molecule has 0 aliphatic heterocycles. The van der Waals surface area contributed by atoms with E-state index < -0.39 is 0 Å². The SMILES string of the molecule is [C-]#[N+]c1c(-n2c3ccccc3c3cc4ccccc4cc32)cc(C#N)cc1-n1c2ccccc2c2cc3ccccc3cc21. The van der Waals surface area contributed by atoms with Gasteiger partial charge in [-0.1, -0.05) is 84.9 Å². The van der Waals surface area contributed by atoms with Crippen molar-refractivity contribution in [1.82, 2.24) is 9.13 Å². The van der Waals surface area contributed by atoms with Gasteiger partial charge in [0.15, 0.2) is 0 Å². The Hall–Kier alpha value is -6.36. The van der Waals surface area contributed by atoms with Crippen LogP contribution in [0.4, 0.5) is 5.69 Å². The van der Waals surface area contributed by atoms with Gasteiger partial charge >= 0.3 is 0 Å². The summed E-state index contributed by atoms with van der Waals surface area (Å²) in [5.74, 6) is 0. The van der Waals surface area contributed by atoms with E-state index in [1.165, 1.54) is 0 Å². The van der Waals surface area contributed by atoms with Crippen LogP contribution in [0.25, 0.3) is 81.4 Å². The van der Waals surface area contributed by atoms with Crippen molar-refractivity contribution in [2.24, 2.45) is 0 Å². The van der Waals surface area contributed by atoms with E-state index in [0.29, 0.717) is 22.6 Å². The molecule has 4 nitrogen and oxygen atoms in total. The number of fused-ring (bicyclic) bond motifs is 8. The highest BCUT2D eigenvalue weighted by Gasteiger charge is 2.22. The van der Waals surface area contributed by atoms with E-state index in [0.717, 1.165) is 65.2 Å². The number of nitrogens with zero attached hydrogens (tertiary/aromatic N) is 4. The van der Waals surface area contributed by atoms with Crippen molar-refractivity contribution >= 4 is 70.8 Å². The second-order valence-corrected chi connectivity index (χ2v) is 11.2. The van der Waals surface area contributed by atoms with Gasteiger partial charge in [-0.15, -0.1) is 0 Å². The van der Waals surface area contributed by atoms with Crippen LogP contribution >= 0.6 is 0 Å². The van der Waals surface area contributed by atoms with Crippen LogP contribution < -0.4 is 0 Å². The van der Waals surface area contributed by atoms with Crippen LogP contribution in [0.1, 0.15) is 5.56 Å². The predicted molar refractivity (Wildman–Crippen MR) is 181 cm³/mol. The molecule has 0 aliphatic carbocycles. The lowest BCUT2D eigenvalue weighted by atomic mass is 10.1. The Bertz CT molecular complexity index is 2570. The monoisotopic (exact) mass is 558 g/mol. The molecule has 202 valence electrons. The zero-order chi connectivity index (χ0) is 29.4. The zero-order valence-electron chi connectivity index (χ0n) is 23.5. The number of benzene rings is 7. The van der Waals surface area contributed by atoms with Crippen molar-refractivity contribution < 1.29 is 0 Å². The van der Waals surface area contributed by atoms with E-state index in [9.17, 15) is 5.26 Å². The van der Waals surface area contributed by atoms with Gasteiger partial charge < -0.3 is 9.13 Å². The predicted octanol–water partition coefficient (Wildman–Crippen LogP) is 10.6. The smallest absolute Gasteiger partial charge is 0.234 e. The minimum Gasteiger partial charge on any atom is -0.319 e. The highest BCUT2D eigenvalue weighted by atomic mass is 15.0. The molecule has 2 heterocycles. The van der Waals surface area contributed by atoms with Crippen LogP contribution in [0.5, 0.6) is 0 Å². The molecule has 2 aromatic heterocycles. The Morgan fingerprint density at radius 1 is 0.477 bits per heavy atom. The molecular weight excluding hydrogens is 536 g/mol. The van der Waals surface area contributed by atoms with Crippen molar-refractivity contribution in [3.8, 4) is 17.4 Å². The zero-order valence-corrected chi connectivity index (χ0v) is 23.5. The molecule has 9 rings (SSSR count). The summed E-state index contributed by atoms with van der Waals surface area (Å²) in [4.78, 5) is 4.21. The minimum absolute atomic E-state index is 0.496. The third kappa shape index (κ3) is 3.31. The maximum absolute atomic E-state index is 10.3. The summed E-state index contributed by atoms with van der Waals surface area (Å²) in [6.07, 6.45) is 0. The van der Waals surface area contributed by atoms with Gasteiger partial charge in [0, 0.05) is 21.5 Å². The summed E-state index contributed by atoms with van der Waals surface area (Å²) in [5, 5.41) is 19.4. The van der Waals surface area contributed by atoms with Gasteiger partial charge in [-0.25, -0.2) is 4.85 Å². The lowest BCUT2D eigenvalue weighted by Gasteiger charge is -2.17. The van der Waals surface area contributed by atoms with Gasteiger partial charge in [-0.3, -0.25) is 0 Å². The summed E-state index contributed by atoms with van der Waals surface area (Å²) in [7, 11) is 0. The second kappa shape index (κ2) is 9.07. The average Bonchev–Trinajstić information content (AvgIpc) is 3.57. The van der Waals surface area contributed by atoms with Crippen LogP contribution in [-0.4, -0.2) is 9.13 Å². The highest BCUT2D eigenvalue weighted by Crippen LogP contribution is 2.43. The molecule has 0 radical (unpaired) electrons. The van der Waals surface area contributed by atoms with Gasteiger partial charge in [0.05, 0.1) is 51.6 Å². The second-order valence-electron chi connectivity index (χ2n) is 11.2. The highest BCUT2D eigenvalue weighted by molar-refractivity contribution is 6.16. The van der Waals surface area contributed by atoms with Crippen molar-refractivity contribution in [1.29, 1.82) is 5.26 Å². The van der Waals surface area contributed by atoms with Crippen LogP contribution in [0.3, 0.4) is 0 Å². The molecule has 0 aliphatic rings. The summed E-state index contributed by atoms with van der Waals surface area (Å²) < 4.78 is 4.33. The first-order valence-corrected chi connectivity index (χ1v) is 14.5. The third-order valence-electron chi connectivity index (χ3n) is 8.87. The Morgan fingerprint density at radius 3 is 1.32 bits per heavy atom. The maximum atomic E-state index is 10.3. The molecule has 0 saturated carbocycles. The number of hydrogen-bond acceptors (Lipinski definition) is 1. The number of rotatable bonds is 2. The van der Waals surface area contributed by atoms with Crippen LogP contribution in [0.2, 0.25) is 0 Å². The van der Waals surface area contributed by atoms with Gasteiger partial charge in [0.25, 0.3) is 0 Å². The van der Waals surface area contributed by atoms with Gasteiger partial charge in [-0.05, 0) is 70.1 Å². The fourth-order valence-corrected chi connectivity index (χ4v) is 6.95. The van der Waals surface area contributed by atoms with E-state index >= 15 is 0 Å². The molecule has 7 aromatic carbocycles. The Kier molecular flexibility index (Phi) is 5.00. The first-order chi connectivity index (χ1) is 21.7. The Morgan fingerprint density at radius 2 is 0.886 bits per heavy atom. The molecule has 0 amide bonds. The molecule has 0 saturated heterocycles. The maximum Gasteiger partial charge on any atom is 0.234 e. The van der Waals surface area contributed by atoms with Crippen molar-refractivity contribution in [2.45, 2.75) is 0 Å². The normalized spacial score (nSPS) is 11.6. The summed E-state index contributed by atoms with van der Waals surface area (Å²) in [6, 6.07) is 48.3. The van der Waals surface area contributed by atoms with E-state index in [1.807, 2.05) is 36.4 Å². The Balaban J connectivity index is 1.45. The quantitative estimate of drug-likeness (QED) is 0.195. The molecule has 0 bridgehead atoms. The van der Waals surface area contributed by atoms with Gasteiger partial charge in [0.2, 0.25) is 5.69 Å². The standard InChI is InChI=1S/C40H22N4/c1-42-40-38(43-34-16-8-6-14-30(34)32-20-26-10-2-4-12-28(26)22-36(32)43)18-25(24-41)19-39(40)44-35-17-9-7-15-31(35)33-21-27-11-3-5-13-29(27)23-37(33)44/h2-23H. The summed E-state index contributed by atoms with van der Waals surface area (Å²) >= 11 is 0. The molecule has 0 atom stereocenters. The van der Waals surface area contributed by atoms with E-state index in [1.54, 1.807) is 0 Å². The lowest BCUT2D eigenvalue weighted by molar-refractivity contribution is 1.14. The number of para-hydroxylation sites is 2. The molecule has 0 N–H and O–H groups in total. The number of aromatic nitrogens is 2. The lowest BCUT2D eigenvalue weighted by Crippen LogP contribution is -2.01. The Labute approximate surface area is 252 Å². The largest absolute Gasteiger partial charge is 0.319 e. The van der Waals surface area contributed by atoms with E-state index in [-0.39, 0.29) is 0 Å². The van der Waals surface area contributed by atoms with Crippen molar-refractivity contribution in [3.63, 3.8) is 0 Å². The van der Waals surface area contributed by atoms with Crippen LogP contribution in [-0.2, 0) is 0 Å². The molecule has 0 unspecified atom stereocenters. The van der Waals surface area contributed by atoms with Gasteiger partial charge in [0.1, 0.15) is 0 Å². The summed E-state index contributed by atoms with van der Waals surface area (Å²) in [5.41, 5.74) is 6.39. The van der Waals surface area contributed by atoms with Crippen molar-refractivity contribution in [2.75, 3.05) is 0 Å². The van der Waals surface area contributed by atoms with Crippen LogP contribution in [0, 0.1) is 17.9 Å². The molecule has 9 aromatic rings. The first kappa shape index (κ1) is 24.3. The van der Waals surface area contributed by atoms with Crippen molar-refractivity contribution in [3.05, 3.63) is 150 Å². The van der Waals surface area contributed by atoms with Gasteiger partial charge in [-0.2, -0.15) is 5.26 Å². The average molecular weight is 559 g/mol. The molecule has 0 fully saturated rings. The van der Waals surface area contributed by atoms with Crippen LogP contribution in [0.15, 0.2) is 133 Å². The van der Waals surface area contributed by atoms with E-state index in [2.05, 4.69) is 117 Å². The molecule has 4 heteroatoms. The minimum atomic E-state index is 0.496. The van der Waals surface area contributed by atoms with E-state index in [4.69, 9.17) is 6.57 Å². The topological polar surface area (TPSA) is 38.0 Å². The molecule has 44 heavy (non-hydrogen) atoms. The first-order valence-electron chi connectivity index (χ1n) is 14.5. The molecule has 0 spiro atoms. The molecular formula is C40H22N4. The fraction of sp³-hybridized carbons (Fsp3) is 0. The third-order valence-corrected chi connectivity index (χ3v) is 8.87. The fourth-order valence-electron chi connectivity index (χ4n) is 6.95. The number of nitriles is 1.